The van der Waals surface area contributed by atoms with E-state index in [1.54, 1.807) is 6.33 Å². The van der Waals surface area contributed by atoms with Crippen molar-refractivity contribution < 1.29 is 9.53 Å². The maximum atomic E-state index is 12.0. The average molecular weight is 404 g/mol. The van der Waals surface area contributed by atoms with Crippen LogP contribution >= 0.6 is 23.1 Å². The summed E-state index contributed by atoms with van der Waals surface area (Å²) in [6.07, 6.45) is 1.58. The van der Waals surface area contributed by atoms with Crippen molar-refractivity contribution >= 4 is 45.1 Å². The van der Waals surface area contributed by atoms with Gasteiger partial charge in [0.2, 0.25) is 5.91 Å². The second-order valence-electron chi connectivity index (χ2n) is 6.21. The van der Waals surface area contributed by atoms with E-state index in [1.165, 1.54) is 18.6 Å². The van der Waals surface area contributed by atoms with E-state index in [4.69, 9.17) is 16.3 Å². The van der Waals surface area contributed by atoms with E-state index in [2.05, 4.69) is 19.2 Å². The number of piperazine rings is 1. The van der Waals surface area contributed by atoms with Crippen LogP contribution in [0.4, 0.5) is 5.82 Å². The lowest BCUT2D eigenvalue weighted by Gasteiger charge is -2.35. The first kappa shape index (κ1) is 18.1. The van der Waals surface area contributed by atoms with Gasteiger partial charge in [-0.05, 0) is 23.7 Å². The van der Waals surface area contributed by atoms with Gasteiger partial charge in [0.25, 0.3) is 0 Å². The van der Waals surface area contributed by atoms with Crippen molar-refractivity contribution in [2.45, 2.75) is 0 Å². The van der Waals surface area contributed by atoms with Crippen LogP contribution in [-0.2, 0) is 9.53 Å². The van der Waals surface area contributed by atoms with Crippen LogP contribution in [0.1, 0.15) is 0 Å². The molecule has 140 valence electrons. The first-order valence-corrected chi connectivity index (χ1v) is 9.70. The van der Waals surface area contributed by atoms with Crippen molar-refractivity contribution in [3.8, 4) is 11.3 Å². The molecule has 1 aliphatic rings. The van der Waals surface area contributed by atoms with Crippen LogP contribution in [0.25, 0.3) is 21.5 Å². The van der Waals surface area contributed by atoms with Crippen molar-refractivity contribution in [3.05, 3.63) is 35.6 Å². The number of amides is 1. The van der Waals surface area contributed by atoms with Crippen molar-refractivity contribution in [2.24, 2.45) is 0 Å². The fourth-order valence-corrected chi connectivity index (χ4v) is 4.16. The molecule has 1 saturated heterocycles. The predicted molar refractivity (Wildman–Crippen MR) is 106 cm³/mol. The Kier molecular flexibility index (Phi) is 5.20. The van der Waals surface area contributed by atoms with Gasteiger partial charge in [0.1, 0.15) is 28.8 Å². The zero-order chi connectivity index (χ0) is 18.8. The molecule has 0 unspecified atom stereocenters. The van der Waals surface area contributed by atoms with Crippen molar-refractivity contribution in [1.82, 2.24) is 19.2 Å². The number of methoxy groups -OCH3 is 1. The van der Waals surface area contributed by atoms with Crippen LogP contribution < -0.4 is 4.90 Å². The highest BCUT2D eigenvalue weighted by Gasteiger charge is 2.24. The van der Waals surface area contributed by atoms with Crippen molar-refractivity contribution in [1.29, 1.82) is 0 Å². The van der Waals surface area contributed by atoms with Crippen LogP contribution in [0.3, 0.4) is 0 Å². The molecule has 3 aromatic rings. The lowest BCUT2D eigenvalue weighted by atomic mass is 10.1. The molecule has 7 nitrogen and oxygen atoms in total. The van der Waals surface area contributed by atoms with E-state index < -0.39 is 0 Å². The topological polar surface area (TPSA) is 71.5 Å². The third-order valence-corrected chi connectivity index (χ3v) is 5.64. The van der Waals surface area contributed by atoms with E-state index in [9.17, 15) is 4.79 Å². The number of aromatic nitrogens is 3. The maximum Gasteiger partial charge on any atom is 0.248 e. The number of fused-ring (bicyclic) bond motifs is 1. The van der Waals surface area contributed by atoms with Gasteiger partial charge in [-0.2, -0.15) is 4.37 Å². The van der Waals surface area contributed by atoms with Gasteiger partial charge in [0.15, 0.2) is 5.82 Å². The molecule has 0 atom stereocenters. The molecule has 3 heterocycles. The average Bonchev–Trinajstić information content (AvgIpc) is 3.13. The highest BCUT2D eigenvalue weighted by Crippen LogP contribution is 2.34. The maximum absolute atomic E-state index is 12.0. The number of hydrogen-bond acceptors (Lipinski definition) is 7. The number of carbonyl (C=O) groups excluding carboxylic acids is 1. The number of carbonyl (C=O) groups is 1. The van der Waals surface area contributed by atoms with Gasteiger partial charge in [-0.25, -0.2) is 9.97 Å². The van der Waals surface area contributed by atoms with Gasteiger partial charge in [0.05, 0.1) is 0 Å². The molecule has 4 rings (SSSR count). The Morgan fingerprint density at radius 1 is 1.19 bits per heavy atom. The standard InChI is InChI=1S/C18H18ClN5O2S/c1-26-10-14(25)23-6-8-24(9-7-23)18-17-16(20-11-21-18)15(22-27-17)12-2-4-13(19)5-3-12/h2-5,11H,6-10H2,1H3. The van der Waals surface area contributed by atoms with E-state index in [-0.39, 0.29) is 12.5 Å². The minimum absolute atomic E-state index is 0.0211. The summed E-state index contributed by atoms with van der Waals surface area (Å²) in [5.74, 6) is 0.893. The Hall–Kier alpha value is -2.29. The number of rotatable bonds is 4. The van der Waals surface area contributed by atoms with E-state index in [0.29, 0.717) is 18.1 Å². The molecular formula is C18H18ClN5O2S. The summed E-state index contributed by atoms with van der Waals surface area (Å²) in [6, 6.07) is 7.58. The normalized spacial score (nSPS) is 14.7. The summed E-state index contributed by atoms with van der Waals surface area (Å²) in [4.78, 5) is 24.9. The summed E-state index contributed by atoms with van der Waals surface area (Å²) in [7, 11) is 1.54. The number of nitrogens with zero attached hydrogens (tertiary/aromatic N) is 5. The highest BCUT2D eigenvalue weighted by atomic mass is 35.5. The Balaban J connectivity index is 1.59. The first-order chi connectivity index (χ1) is 13.2. The van der Waals surface area contributed by atoms with Crippen molar-refractivity contribution in [3.63, 3.8) is 0 Å². The second-order valence-corrected chi connectivity index (χ2v) is 7.42. The fraction of sp³-hybridized carbons (Fsp3) is 0.333. The molecule has 0 saturated carbocycles. The zero-order valence-corrected chi connectivity index (χ0v) is 16.3. The minimum Gasteiger partial charge on any atom is -0.375 e. The lowest BCUT2D eigenvalue weighted by molar-refractivity contribution is -0.135. The van der Waals surface area contributed by atoms with Crippen LogP contribution in [0.15, 0.2) is 30.6 Å². The molecule has 1 aliphatic heterocycles. The van der Waals surface area contributed by atoms with Crippen LogP contribution in [0.2, 0.25) is 5.02 Å². The molecule has 27 heavy (non-hydrogen) atoms. The van der Waals surface area contributed by atoms with Crippen LogP contribution in [0.5, 0.6) is 0 Å². The zero-order valence-electron chi connectivity index (χ0n) is 14.8. The van der Waals surface area contributed by atoms with Gasteiger partial charge in [-0.15, -0.1) is 0 Å². The molecule has 0 spiro atoms. The van der Waals surface area contributed by atoms with E-state index >= 15 is 0 Å². The quantitative estimate of drug-likeness (QED) is 0.667. The molecule has 9 heteroatoms. The smallest absolute Gasteiger partial charge is 0.248 e. The van der Waals surface area contributed by atoms with E-state index in [0.717, 1.165) is 40.4 Å². The van der Waals surface area contributed by atoms with Gasteiger partial charge in [-0.1, -0.05) is 23.7 Å². The summed E-state index contributed by atoms with van der Waals surface area (Å²) in [6.45, 7) is 2.86. The Morgan fingerprint density at radius 2 is 1.93 bits per heavy atom. The number of ether oxygens (including phenoxy) is 1. The minimum atomic E-state index is 0.0211. The van der Waals surface area contributed by atoms with Gasteiger partial charge >= 0.3 is 0 Å². The van der Waals surface area contributed by atoms with E-state index in [1.807, 2.05) is 29.2 Å². The Labute approximate surface area is 165 Å². The summed E-state index contributed by atoms with van der Waals surface area (Å²) in [5.41, 5.74) is 2.65. The molecule has 0 radical (unpaired) electrons. The number of halogens is 1. The molecule has 1 amide bonds. The van der Waals surface area contributed by atoms with Crippen LogP contribution in [-0.4, -0.2) is 65.0 Å². The third kappa shape index (κ3) is 3.60. The molecule has 1 fully saturated rings. The fourth-order valence-electron chi connectivity index (χ4n) is 3.16. The predicted octanol–water partition coefficient (Wildman–Crippen LogP) is 2.70. The summed E-state index contributed by atoms with van der Waals surface area (Å²) in [5, 5.41) is 0.689. The largest absolute Gasteiger partial charge is 0.375 e. The van der Waals surface area contributed by atoms with Crippen LogP contribution in [0, 0.1) is 0 Å². The molecule has 2 aromatic heterocycles. The first-order valence-electron chi connectivity index (χ1n) is 8.55. The molecule has 0 aliphatic carbocycles. The number of hydrogen-bond donors (Lipinski definition) is 0. The van der Waals surface area contributed by atoms with Gasteiger partial charge in [0, 0.05) is 43.9 Å². The SMILES string of the molecule is COCC(=O)N1CCN(c2ncnc3c(-c4ccc(Cl)cc4)nsc23)CC1. The molecule has 1 aromatic carbocycles. The van der Waals surface area contributed by atoms with Gasteiger partial charge in [-0.3, -0.25) is 4.79 Å². The number of benzene rings is 1. The lowest BCUT2D eigenvalue weighted by Crippen LogP contribution is -2.50. The summed E-state index contributed by atoms with van der Waals surface area (Å²) < 4.78 is 10.5. The summed E-state index contributed by atoms with van der Waals surface area (Å²) >= 11 is 7.38. The number of anilines is 1. The van der Waals surface area contributed by atoms with Gasteiger partial charge < -0.3 is 14.5 Å². The molecule has 0 bridgehead atoms. The monoisotopic (exact) mass is 403 g/mol. The van der Waals surface area contributed by atoms with Crippen molar-refractivity contribution in [2.75, 3.05) is 44.8 Å². The second kappa shape index (κ2) is 7.75. The third-order valence-electron chi connectivity index (χ3n) is 4.55. The highest BCUT2D eigenvalue weighted by molar-refractivity contribution is 7.14. The molecule has 0 N–H and O–H groups in total. The molecular weight excluding hydrogens is 386 g/mol. The Morgan fingerprint density at radius 3 is 2.63 bits per heavy atom. The Bertz CT molecular complexity index is 954.